The third-order valence-corrected chi connectivity index (χ3v) is 2.36. The highest BCUT2D eigenvalue weighted by Crippen LogP contribution is 2.26. The van der Waals surface area contributed by atoms with Crippen LogP contribution in [0.1, 0.15) is 26.7 Å². The number of nitrogens with one attached hydrogen (secondary N) is 1. The van der Waals surface area contributed by atoms with Crippen molar-refractivity contribution in [2.75, 3.05) is 6.54 Å². The third kappa shape index (κ3) is 2.41. The Balaban J connectivity index is 2.41. The SMILES string of the molecule is CC(C)CC1CCNC(F)C1F. The van der Waals surface area contributed by atoms with Crippen LogP contribution in [0.4, 0.5) is 8.78 Å². The monoisotopic (exact) mass is 177 g/mol. The van der Waals surface area contributed by atoms with Crippen molar-refractivity contribution in [3.63, 3.8) is 0 Å². The molecule has 12 heavy (non-hydrogen) atoms. The minimum Gasteiger partial charge on any atom is -0.285 e. The summed E-state index contributed by atoms with van der Waals surface area (Å²) in [6, 6.07) is 0. The molecule has 0 saturated carbocycles. The van der Waals surface area contributed by atoms with Crippen LogP contribution in [0.15, 0.2) is 0 Å². The van der Waals surface area contributed by atoms with Gasteiger partial charge < -0.3 is 0 Å². The van der Waals surface area contributed by atoms with Gasteiger partial charge in [-0.3, -0.25) is 5.32 Å². The first-order chi connectivity index (χ1) is 5.61. The molecule has 1 N–H and O–H groups in total. The second kappa shape index (κ2) is 4.17. The van der Waals surface area contributed by atoms with Crippen molar-refractivity contribution in [2.45, 2.75) is 39.2 Å². The molecule has 1 saturated heterocycles. The van der Waals surface area contributed by atoms with Gasteiger partial charge in [0.05, 0.1) is 0 Å². The van der Waals surface area contributed by atoms with Gasteiger partial charge in [0.1, 0.15) is 6.17 Å². The molecule has 72 valence electrons. The van der Waals surface area contributed by atoms with E-state index in [1.54, 1.807) is 0 Å². The maximum absolute atomic E-state index is 13.2. The Morgan fingerprint density at radius 3 is 2.67 bits per heavy atom. The largest absolute Gasteiger partial charge is 0.285 e. The average Bonchev–Trinajstić information content (AvgIpc) is 1.98. The molecule has 1 rings (SSSR count). The van der Waals surface area contributed by atoms with Gasteiger partial charge >= 0.3 is 0 Å². The van der Waals surface area contributed by atoms with E-state index in [2.05, 4.69) is 5.32 Å². The molecule has 3 atom stereocenters. The number of hydrogen-bond donors (Lipinski definition) is 1. The summed E-state index contributed by atoms with van der Waals surface area (Å²) in [5.74, 6) is 0.375. The summed E-state index contributed by atoms with van der Waals surface area (Å²) < 4.78 is 26.0. The molecule has 0 aromatic carbocycles. The summed E-state index contributed by atoms with van der Waals surface area (Å²) >= 11 is 0. The Morgan fingerprint density at radius 2 is 2.08 bits per heavy atom. The molecule has 1 fully saturated rings. The minimum atomic E-state index is -1.44. The highest BCUT2D eigenvalue weighted by Gasteiger charge is 2.33. The van der Waals surface area contributed by atoms with Gasteiger partial charge in [-0.05, 0) is 31.2 Å². The van der Waals surface area contributed by atoms with Crippen LogP contribution in [0, 0.1) is 11.8 Å². The van der Waals surface area contributed by atoms with Crippen LogP contribution >= 0.6 is 0 Å². The lowest BCUT2D eigenvalue weighted by molar-refractivity contribution is 0.0437. The van der Waals surface area contributed by atoms with E-state index >= 15 is 0 Å². The van der Waals surface area contributed by atoms with E-state index in [1.807, 2.05) is 13.8 Å². The van der Waals surface area contributed by atoms with Crippen molar-refractivity contribution in [2.24, 2.45) is 11.8 Å². The van der Waals surface area contributed by atoms with E-state index in [0.717, 1.165) is 12.8 Å². The van der Waals surface area contributed by atoms with Crippen molar-refractivity contribution in [3.8, 4) is 0 Å². The van der Waals surface area contributed by atoms with Crippen LogP contribution < -0.4 is 5.32 Å². The summed E-state index contributed by atoms with van der Waals surface area (Å²) in [5, 5.41) is 2.49. The maximum atomic E-state index is 13.2. The standard InChI is InChI=1S/C9H17F2N/c1-6(2)5-7-3-4-12-9(11)8(7)10/h6-9,12H,3-5H2,1-2H3. The Bertz CT molecular complexity index is 138. The van der Waals surface area contributed by atoms with Gasteiger partial charge in [0, 0.05) is 0 Å². The van der Waals surface area contributed by atoms with Crippen LogP contribution in [0.25, 0.3) is 0 Å². The second-order valence-electron chi connectivity index (χ2n) is 3.98. The summed E-state index contributed by atoms with van der Waals surface area (Å²) in [6.07, 6.45) is -1.19. The molecule has 1 heterocycles. The van der Waals surface area contributed by atoms with Gasteiger partial charge in [0.25, 0.3) is 0 Å². The van der Waals surface area contributed by atoms with Gasteiger partial charge in [0.2, 0.25) is 0 Å². The van der Waals surface area contributed by atoms with Gasteiger partial charge in [-0.15, -0.1) is 0 Å². The van der Waals surface area contributed by atoms with E-state index in [1.165, 1.54) is 0 Å². The number of piperidine rings is 1. The normalized spacial score (nSPS) is 37.2. The van der Waals surface area contributed by atoms with Gasteiger partial charge in [-0.1, -0.05) is 13.8 Å². The summed E-state index contributed by atoms with van der Waals surface area (Å²) in [7, 11) is 0. The lowest BCUT2D eigenvalue weighted by atomic mass is 9.87. The van der Waals surface area contributed by atoms with E-state index in [0.29, 0.717) is 12.5 Å². The van der Waals surface area contributed by atoms with Gasteiger partial charge in [-0.2, -0.15) is 0 Å². The Hall–Kier alpha value is -0.180. The molecule has 1 aliphatic rings. The second-order valence-corrected chi connectivity index (χ2v) is 3.98. The molecular formula is C9H17F2N. The molecule has 0 bridgehead atoms. The van der Waals surface area contributed by atoms with Crippen molar-refractivity contribution in [1.29, 1.82) is 0 Å². The van der Waals surface area contributed by atoms with Crippen LogP contribution in [-0.4, -0.2) is 19.0 Å². The van der Waals surface area contributed by atoms with Gasteiger partial charge in [-0.25, -0.2) is 8.78 Å². The summed E-state index contributed by atoms with van der Waals surface area (Å²) in [5.41, 5.74) is 0. The summed E-state index contributed by atoms with van der Waals surface area (Å²) in [4.78, 5) is 0. The first-order valence-electron chi connectivity index (χ1n) is 4.62. The predicted molar refractivity (Wildman–Crippen MR) is 45.4 cm³/mol. The molecule has 0 aromatic rings. The summed E-state index contributed by atoms with van der Waals surface area (Å²) in [6.45, 7) is 4.70. The fourth-order valence-corrected chi connectivity index (χ4v) is 1.77. The molecule has 1 nitrogen and oxygen atoms in total. The smallest absolute Gasteiger partial charge is 0.182 e. The highest BCUT2D eigenvalue weighted by atomic mass is 19.2. The van der Waals surface area contributed by atoms with Crippen molar-refractivity contribution in [1.82, 2.24) is 5.32 Å². The quantitative estimate of drug-likeness (QED) is 0.638. The number of halogens is 2. The van der Waals surface area contributed by atoms with Crippen molar-refractivity contribution >= 4 is 0 Å². The first-order valence-corrected chi connectivity index (χ1v) is 4.62. The zero-order chi connectivity index (χ0) is 9.14. The molecule has 0 aliphatic carbocycles. The Labute approximate surface area is 72.5 Å². The van der Waals surface area contributed by atoms with E-state index in [-0.39, 0.29) is 5.92 Å². The molecule has 0 amide bonds. The predicted octanol–water partition coefficient (Wildman–Crippen LogP) is 2.28. The maximum Gasteiger partial charge on any atom is 0.182 e. The lowest BCUT2D eigenvalue weighted by Gasteiger charge is -2.30. The van der Waals surface area contributed by atoms with E-state index < -0.39 is 12.5 Å². The van der Waals surface area contributed by atoms with E-state index in [9.17, 15) is 8.78 Å². The van der Waals surface area contributed by atoms with Crippen LogP contribution in [-0.2, 0) is 0 Å². The van der Waals surface area contributed by atoms with Crippen molar-refractivity contribution < 1.29 is 8.78 Å². The molecule has 1 aliphatic heterocycles. The zero-order valence-corrected chi connectivity index (χ0v) is 7.69. The topological polar surface area (TPSA) is 12.0 Å². The average molecular weight is 177 g/mol. The molecule has 0 spiro atoms. The van der Waals surface area contributed by atoms with Crippen LogP contribution in [0.5, 0.6) is 0 Å². The number of alkyl halides is 2. The first kappa shape index (κ1) is 9.90. The minimum absolute atomic E-state index is 0.0822. The lowest BCUT2D eigenvalue weighted by Crippen LogP contribution is -2.45. The molecule has 0 aromatic heterocycles. The van der Waals surface area contributed by atoms with Gasteiger partial charge in [0.15, 0.2) is 6.30 Å². The molecule has 3 heteroatoms. The fourth-order valence-electron chi connectivity index (χ4n) is 1.77. The molecule has 0 radical (unpaired) electrons. The molecule has 3 unspecified atom stereocenters. The zero-order valence-electron chi connectivity index (χ0n) is 7.69. The Kier molecular flexibility index (Phi) is 3.44. The van der Waals surface area contributed by atoms with Crippen LogP contribution in [0.3, 0.4) is 0 Å². The van der Waals surface area contributed by atoms with Crippen molar-refractivity contribution in [3.05, 3.63) is 0 Å². The highest BCUT2D eigenvalue weighted by molar-refractivity contribution is 4.81. The van der Waals surface area contributed by atoms with E-state index in [4.69, 9.17) is 0 Å². The fraction of sp³-hybridized carbons (Fsp3) is 1.00. The number of hydrogen-bond acceptors (Lipinski definition) is 1. The third-order valence-electron chi connectivity index (χ3n) is 2.36. The van der Waals surface area contributed by atoms with Crippen LogP contribution in [0.2, 0.25) is 0 Å². The number of rotatable bonds is 2. The Morgan fingerprint density at radius 1 is 1.42 bits per heavy atom. The molecular weight excluding hydrogens is 160 g/mol.